The van der Waals surface area contributed by atoms with Gasteiger partial charge < -0.3 is 0 Å². The first-order valence-electron chi connectivity index (χ1n) is 5.99. The van der Waals surface area contributed by atoms with Crippen LogP contribution in [-0.2, 0) is 0 Å². The lowest BCUT2D eigenvalue weighted by molar-refractivity contribution is 0.439. The van der Waals surface area contributed by atoms with Gasteiger partial charge in [-0.15, -0.1) is 18.2 Å². The van der Waals surface area contributed by atoms with Crippen LogP contribution in [-0.4, -0.2) is 6.26 Å². The zero-order valence-electron chi connectivity index (χ0n) is 9.83. The SMILES string of the molecule is C#Cc1ccc(C2CCCCC2)c(SC)c1. The number of hydrogen-bond acceptors (Lipinski definition) is 1. The molecule has 0 radical (unpaired) electrons. The third-order valence-corrected chi connectivity index (χ3v) is 4.24. The summed E-state index contributed by atoms with van der Waals surface area (Å²) in [6, 6.07) is 6.50. The summed E-state index contributed by atoms with van der Waals surface area (Å²) in [5.74, 6) is 3.49. The fraction of sp³-hybridized carbons (Fsp3) is 0.467. The molecule has 0 bridgehead atoms. The minimum Gasteiger partial charge on any atom is -0.129 e. The first-order valence-corrected chi connectivity index (χ1v) is 7.22. The molecule has 84 valence electrons. The van der Waals surface area contributed by atoms with Gasteiger partial charge in [-0.25, -0.2) is 0 Å². The van der Waals surface area contributed by atoms with E-state index in [1.165, 1.54) is 42.6 Å². The van der Waals surface area contributed by atoms with E-state index in [4.69, 9.17) is 6.42 Å². The Hall–Kier alpha value is -0.870. The second-order valence-corrected chi connectivity index (χ2v) is 5.28. The van der Waals surface area contributed by atoms with Gasteiger partial charge in [-0.05, 0) is 42.7 Å². The van der Waals surface area contributed by atoms with Gasteiger partial charge >= 0.3 is 0 Å². The molecule has 0 amide bonds. The van der Waals surface area contributed by atoms with Crippen LogP contribution in [0.25, 0.3) is 0 Å². The Morgan fingerprint density at radius 2 is 2.00 bits per heavy atom. The first kappa shape index (κ1) is 11.6. The highest BCUT2D eigenvalue weighted by atomic mass is 32.2. The van der Waals surface area contributed by atoms with Crippen LogP contribution in [0.2, 0.25) is 0 Å². The fourth-order valence-corrected chi connectivity index (χ4v) is 3.27. The van der Waals surface area contributed by atoms with Crippen molar-refractivity contribution in [2.75, 3.05) is 6.26 Å². The number of hydrogen-bond donors (Lipinski definition) is 0. The topological polar surface area (TPSA) is 0 Å². The Morgan fingerprint density at radius 3 is 2.62 bits per heavy atom. The fourth-order valence-electron chi connectivity index (χ4n) is 2.55. The van der Waals surface area contributed by atoms with E-state index in [1.807, 2.05) is 11.8 Å². The molecule has 1 saturated carbocycles. The van der Waals surface area contributed by atoms with Crippen LogP contribution in [0.1, 0.15) is 49.1 Å². The second kappa shape index (κ2) is 5.46. The van der Waals surface area contributed by atoms with Crippen LogP contribution in [0.15, 0.2) is 23.1 Å². The molecule has 1 aliphatic rings. The molecule has 1 heteroatoms. The molecule has 0 aliphatic heterocycles. The summed E-state index contributed by atoms with van der Waals surface area (Å²) >= 11 is 1.82. The van der Waals surface area contributed by atoms with Crippen molar-refractivity contribution in [2.24, 2.45) is 0 Å². The van der Waals surface area contributed by atoms with Crippen molar-refractivity contribution in [3.05, 3.63) is 29.3 Å². The smallest absolute Gasteiger partial charge is 0.0253 e. The van der Waals surface area contributed by atoms with Crippen LogP contribution in [0.3, 0.4) is 0 Å². The van der Waals surface area contributed by atoms with Crippen molar-refractivity contribution in [3.8, 4) is 12.3 Å². The van der Waals surface area contributed by atoms with E-state index in [2.05, 4.69) is 30.4 Å². The molecule has 0 atom stereocenters. The lowest BCUT2D eigenvalue weighted by Crippen LogP contribution is -2.05. The van der Waals surface area contributed by atoms with E-state index in [0.29, 0.717) is 0 Å². The number of terminal acetylenes is 1. The van der Waals surface area contributed by atoms with Crippen molar-refractivity contribution in [2.45, 2.75) is 42.9 Å². The number of thioether (sulfide) groups is 1. The van der Waals surface area contributed by atoms with Gasteiger partial charge in [0, 0.05) is 10.5 Å². The van der Waals surface area contributed by atoms with Gasteiger partial charge in [0.25, 0.3) is 0 Å². The molecule has 16 heavy (non-hydrogen) atoms. The molecular weight excluding hydrogens is 212 g/mol. The minimum absolute atomic E-state index is 0.767. The van der Waals surface area contributed by atoms with Crippen LogP contribution in [0.4, 0.5) is 0 Å². The normalized spacial score (nSPS) is 17.0. The van der Waals surface area contributed by atoms with Crippen molar-refractivity contribution in [3.63, 3.8) is 0 Å². The maximum Gasteiger partial charge on any atom is 0.0253 e. The quantitative estimate of drug-likeness (QED) is 0.535. The summed E-state index contributed by atoms with van der Waals surface area (Å²) in [6.45, 7) is 0. The van der Waals surface area contributed by atoms with Gasteiger partial charge in [0.1, 0.15) is 0 Å². The summed E-state index contributed by atoms with van der Waals surface area (Å²) in [7, 11) is 0. The van der Waals surface area contributed by atoms with E-state index >= 15 is 0 Å². The maximum atomic E-state index is 5.44. The van der Waals surface area contributed by atoms with Gasteiger partial charge in [-0.1, -0.05) is 31.2 Å². The van der Waals surface area contributed by atoms with Crippen molar-refractivity contribution in [1.29, 1.82) is 0 Å². The Morgan fingerprint density at radius 1 is 1.25 bits per heavy atom. The summed E-state index contributed by atoms with van der Waals surface area (Å²) < 4.78 is 0. The van der Waals surface area contributed by atoms with Gasteiger partial charge in [-0.3, -0.25) is 0 Å². The molecule has 0 unspecified atom stereocenters. The van der Waals surface area contributed by atoms with Gasteiger partial charge in [0.05, 0.1) is 0 Å². The molecule has 1 aliphatic carbocycles. The van der Waals surface area contributed by atoms with Crippen molar-refractivity contribution in [1.82, 2.24) is 0 Å². The molecule has 0 heterocycles. The molecule has 0 aromatic heterocycles. The summed E-state index contributed by atoms with van der Waals surface area (Å²) in [6.07, 6.45) is 14.5. The molecular formula is C15H18S. The first-order chi connectivity index (χ1) is 7.85. The van der Waals surface area contributed by atoms with Crippen LogP contribution < -0.4 is 0 Å². The molecule has 1 aromatic carbocycles. The predicted molar refractivity (Wildman–Crippen MR) is 72.0 cm³/mol. The highest BCUT2D eigenvalue weighted by Crippen LogP contribution is 2.37. The van der Waals surface area contributed by atoms with E-state index in [1.54, 1.807) is 0 Å². The van der Waals surface area contributed by atoms with Gasteiger partial charge in [-0.2, -0.15) is 0 Å². The maximum absolute atomic E-state index is 5.44. The minimum atomic E-state index is 0.767. The number of rotatable bonds is 2. The molecule has 0 spiro atoms. The highest BCUT2D eigenvalue weighted by Gasteiger charge is 2.18. The lowest BCUT2D eigenvalue weighted by atomic mass is 9.84. The second-order valence-electron chi connectivity index (χ2n) is 4.44. The van der Waals surface area contributed by atoms with Crippen molar-refractivity contribution >= 4 is 11.8 Å². The van der Waals surface area contributed by atoms with Gasteiger partial charge in [0.15, 0.2) is 0 Å². The van der Waals surface area contributed by atoms with Gasteiger partial charge in [0.2, 0.25) is 0 Å². The standard InChI is InChI=1S/C15H18S/c1-3-12-9-10-14(15(11-12)16-2)13-7-5-4-6-8-13/h1,9-11,13H,4-8H2,2H3. The molecule has 1 aromatic rings. The largest absolute Gasteiger partial charge is 0.129 e. The average Bonchev–Trinajstić information content (AvgIpc) is 2.39. The van der Waals surface area contributed by atoms with Crippen molar-refractivity contribution < 1.29 is 0 Å². The number of benzene rings is 1. The average molecular weight is 230 g/mol. The van der Waals surface area contributed by atoms with E-state index in [9.17, 15) is 0 Å². The van der Waals surface area contributed by atoms with Crippen LogP contribution in [0, 0.1) is 12.3 Å². The summed E-state index contributed by atoms with van der Waals surface area (Å²) in [5, 5.41) is 0. The predicted octanol–water partition coefficient (Wildman–Crippen LogP) is 4.44. The van der Waals surface area contributed by atoms with Crippen LogP contribution in [0.5, 0.6) is 0 Å². The lowest BCUT2D eigenvalue weighted by Gasteiger charge is -2.24. The highest BCUT2D eigenvalue weighted by molar-refractivity contribution is 7.98. The Balaban J connectivity index is 2.29. The third-order valence-electron chi connectivity index (χ3n) is 3.45. The molecule has 0 nitrogen and oxygen atoms in total. The zero-order valence-corrected chi connectivity index (χ0v) is 10.6. The molecule has 2 rings (SSSR count). The zero-order chi connectivity index (χ0) is 11.4. The Kier molecular flexibility index (Phi) is 3.96. The molecule has 1 fully saturated rings. The summed E-state index contributed by atoms with van der Waals surface area (Å²) in [4.78, 5) is 1.38. The Bertz CT molecular complexity index is 394. The monoisotopic (exact) mass is 230 g/mol. The van der Waals surface area contributed by atoms with E-state index < -0.39 is 0 Å². The third kappa shape index (κ3) is 2.44. The summed E-state index contributed by atoms with van der Waals surface area (Å²) in [5.41, 5.74) is 2.52. The molecule has 0 N–H and O–H groups in total. The van der Waals surface area contributed by atoms with E-state index in [0.717, 1.165) is 11.5 Å². The molecule has 0 saturated heterocycles. The van der Waals surface area contributed by atoms with E-state index in [-0.39, 0.29) is 0 Å². The van der Waals surface area contributed by atoms with Crippen LogP contribution >= 0.6 is 11.8 Å². The Labute approximate surface area is 103 Å².